The van der Waals surface area contributed by atoms with Crippen LogP contribution in [0.25, 0.3) is 0 Å². The van der Waals surface area contributed by atoms with Gasteiger partial charge in [0.1, 0.15) is 11.6 Å². The summed E-state index contributed by atoms with van der Waals surface area (Å²) < 4.78 is 18.3. The molecule has 2 amide bonds. The molecular weight excluding hydrogens is 361 g/mol. The molecule has 0 saturated heterocycles. The molecule has 0 bridgehead atoms. The Morgan fingerprint density at radius 3 is 2.36 bits per heavy atom. The Labute approximate surface area is 163 Å². The Hall–Kier alpha value is -3.40. The fraction of sp³-hybridized carbons (Fsp3) is 0.286. The molecule has 2 aromatic rings. The summed E-state index contributed by atoms with van der Waals surface area (Å²) in [5.74, 6) is -0.426. The quantitative estimate of drug-likeness (QED) is 0.721. The number of halogens is 1. The number of rotatable bonds is 9. The Balaban J connectivity index is 1.79. The van der Waals surface area contributed by atoms with Crippen LogP contribution < -0.4 is 10.1 Å². The molecule has 0 fully saturated rings. The lowest BCUT2D eigenvalue weighted by molar-refractivity contribution is -0.137. The number of hydrogen-bond acceptors (Lipinski definition) is 4. The molecule has 146 valence electrons. The third-order valence-electron chi connectivity index (χ3n) is 4.04. The van der Waals surface area contributed by atoms with E-state index >= 15 is 0 Å². The Kier molecular flexibility index (Phi) is 7.97. The molecule has 0 saturated carbocycles. The zero-order valence-corrected chi connectivity index (χ0v) is 15.7. The van der Waals surface area contributed by atoms with E-state index < -0.39 is 0 Å². The molecule has 7 heteroatoms. The third kappa shape index (κ3) is 6.72. The standard InChI is InChI=1S/C21H22FN3O3/c1-2-25(14-20(26)24-13-17-3-7-18(22)8-4-17)21(27)15-28-19-9-5-16(6-10-19)11-12-23/h3-10H,2,11,13-15H2,1H3,(H,24,26). The molecule has 2 rings (SSSR count). The second-order valence-corrected chi connectivity index (χ2v) is 6.08. The lowest BCUT2D eigenvalue weighted by Gasteiger charge is -2.20. The lowest BCUT2D eigenvalue weighted by Crippen LogP contribution is -2.42. The first kappa shape index (κ1) is 20.9. The molecule has 0 aliphatic heterocycles. The van der Waals surface area contributed by atoms with Gasteiger partial charge in [-0.25, -0.2) is 4.39 Å². The van der Waals surface area contributed by atoms with Gasteiger partial charge in [-0.15, -0.1) is 0 Å². The van der Waals surface area contributed by atoms with Crippen LogP contribution in [-0.4, -0.2) is 36.4 Å². The van der Waals surface area contributed by atoms with Crippen molar-refractivity contribution in [3.63, 3.8) is 0 Å². The van der Waals surface area contributed by atoms with Crippen LogP contribution in [0.5, 0.6) is 5.75 Å². The van der Waals surface area contributed by atoms with Crippen molar-refractivity contribution in [1.29, 1.82) is 5.26 Å². The maximum Gasteiger partial charge on any atom is 0.260 e. The summed E-state index contributed by atoms with van der Waals surface area (Å²) >= 11 is 0. The number of amides is 2. The molecule has 6 nitrogen and oxygen atoms in total. The van der Waals surface area contributed by atoms with Gasteiger partial charge in [0, 0.05) is 13.1 Å². The van der Waals surface area contributed by atoms with Gasteiger partial charge in [-0.1, -0.05) is 24.3 Å². The predicted octanol–water partition coefficient (Wildman–Crippen LogP) is 2.44. The summed E-state index contributed by atoms with van der Waals surface area (Å²) in [7, 11) is 0. The average Bonchev–Trinajstić information content (AvgIpc) is 2.71. The first-order chi connectivity index (χ1) is 13.5. The van der Waals surface area contributed by atoms with E-state index in [-0.39, 0.29) is 37.3 Å². The number of nitrogens with zero attached hydrogens (tertiary/aromatic N) is 2. The largest absolute Gasteiger partial charge is 0.484 e. The maximum atomic E-state index is 12.9. The highest BCUT2D eigenvalue weighted by molar-refractivity contribution is 5.85. The lowest BCUT2D eigenvalue weighted by atomic mass is 10.2. The summed E-state index contributed by atoms with van der Waals surface area (Å²) in [6.07, 6.45) is 0.315. The van der Waals surface area contributed by atoms with Gasteiger partial charge in [0.15, 0.2) is 6.61 Å². The van der Waals surface area contributed by atoms with Crippen LogP contribution in [0, 0.1) is 17.1 Å². The van der Waals surface area contributed by atoms with Crippen molar-refractivity contribution in [2.75, 3.05) is 19.7 Å². The smallest absolute Gasteiger partial charge is 0.260 e. The third-order valence-corrected chi connectivity index (χ3v) is 4.04. The first-order valence-electron chi connectivity index (χ1n) is 8.89. The molecule has 0 radical (unpaired) electrons. The monoisotopic (exact) mass is 383 g/mol. The van der Waals surface area contributed by atoms with Crippen molar-refractivity contribution < 1.29 is 18.7 Å². The normalized spacial score (nSPS) is 10.0. The van der Waals surface area contributed by atoms with Crippen molar-refractivity contribution in [1.82, 2.24) is 10.2 Å². The first-order valence-corrected chi connectivity index (χ1v) is 8.89. The van der Waals surface area contributed by atoms with Gasteiger partial charge in [-0.2, -0.15) is 5.26 Å². The average molecular weight is 383 g/mol. The minimum atomic E-state index is -0.336. The predicted molar refractivity (Wildman–Crippen MR) is 102 cm³/mol. The zero-order chi connectivity index (χ0) is 20.4. The van der Waals surface area contributed by atoms with Gasteiger partial charge in [-0.05, 0) is 42.3 Å². The van der Waals surface area contributed by atoms with Crippen LogP contribution in [0.3, 0.4) is 0 Å². The van der Waals surface area contributed by atoms with E-state index in [4.69, 9.17) is 10.00 Å². The second-order valence-electron chi connectivity index (χ2n) is 6.08. The maximum absolute atomic E-state index is 12.9. The van der Waals surface area contributed by atoms with E-state index in [0.717, 1.165) is 11.1 Å². The van der Waals surface area contributed by atoms with Crippen molar-refractivity contribution in [2.24, 2.45) is 0 Å². The van der Waals surface area contributed by atoms with Crippen LogP contribution in [0.2, 0.25) is 0 Å². The van der Waals surface area contributed by atoms with Gasteiger partial charge < -0.3 is 15.0 Å². The summed E-state index contributed by atoms with van der Waals surface area (Å²) in [4.78, 5) is 25.8. The van der Waals surface area contributed by atoms with Crippen molar-refractivity contribution in [3.05, 3.63) is 65.5 Å². The summed E-state index contributed by atoms with van der Waals surface area (Å²) in [5, 5.41) is 11.4. The number of likely N-dealkylation sites (N-methyl/N-ethyl adjacent to an activating group) is 1. The fourth-order valence-electron chi connectivity index (χ4n) is 2.44. The molecule has 28 heavy (non-hydrogen) atoms. The van der Waals surface area contributed by atoms with Crippen LogP contribution >= 0.6 is 0 Å². The SMILES string of the molecule is CCN(CC(=O)NCc1ccc(F)cc1)C(=O)COc1ccc(CC#N)cc1. The van der Waals surface area contributed by atoms with E-state index in [2.05, 4.69) is 11.4 Å². The summed E-state index contributed by atoms with van der Waals surface area (Å²) in [6.45, 7) is 2.14. The van der Waals surface area contributed by atoms with Crippen molar-refractivity contribution >= 4 is 11.8 Å². The highest BCUT2D eigenvalue weighted by atomic mass is 19.1. The second kappa shape index (κ2) is 10.7. The van der Waals surface area contributed by atoms with Crippen LogP contribution in [0.15, 0.2) is 48.5 Å². The number of hydrogen-bond donors (Lipinski definition) is 1. The molecule has 0 unspecified atom stereocenters. The van der Waals surface area contributed by atoms with Crippen LogP contribution in [0.1, 0.15) is 18.1 Å². The number of benzene rings is 2. The highest BCUT2D eigenvalue weighted by Gasteiger charge is 2.16. The fourth-order valence-corrected chi connectivity index (χ4v) is 2.44. The molecule has 0 atom stereocenters. The number of carbonyl (C=O) groups excluding carboxylic acids is 2. The van der Waals surface area contributed by atoms with Gasteiger partial charge in [-0.3, -0.25) is 9.59 Å². The minimum absolute atomic E-state index is 0.0823. The number of nitrogens with one attached hydrogen (secondary N) is 1. The van der Waals surface area contributed by atoms with E-state index in [1.165, 1.54) is 17.0 Å². The van der Waals surface area contributed by atoms with E-state index in [1.54, 1.807) is 43.3 Å². The topological polar surface area (TPSA) is 82.4 Å². The molecule has 0 heterocycles. The molecule has 1 N–H and O–H groups in total. The van der Waals surface area contributed by atoms with Crippen LogP contribution in [-0.2, 0) is 22.6 Å². The van der Waals surface area contributed by atoms with E-state index in [9.17, 15) is 14.0 Å². The molecular formula is C21H22FN3O3. The van der Waals surface area contributed by atoms with E-state index in [0.29, 0.717) is 18.7 Å². The Morgan fingerprint density at radius 1 is 1.11 bits per heavy atom. The minimum Gasteiger partial charge on any atom is -0.484 e. The molecule has 0 aliphatic carbocycles. The summed E-state index contributed by atoms with van der Waals surface area (Å²) in [5.41, 5.74) is 1.64. The van der Waals surface area contributed by atoms with Crippen LogP contribution in [0.4, 0.5) is 4.39 Å². The van der Waals surface area contributed by atoms with E-state index in [1.807, 2.05) is 0 Å². The van der Waals surface area contributed by atoms with Gasteiger partial charge in [0.25, 0.3) is 5.91 Å². The molecule has 0 aromatic heterocycles. The Bertz CT molecular complexity index is 829. The van der Waals surface area contributed by atoms with Gasteiger partial charge in [0.05, 0.1) is 19.0 Å². The number of ether oxygens (including phenoxy) is 1. The molecule has 0 spiro atoms. The number of carbonyl (C=O) groups is 2. The van der Waals surface area contributed by atoms with Gasteiger partial charge >= 0.3 is 0 Å². The van der Waals surface area contributed by atoms with Gasteiger partial charge in [0.2, 0.25) is 5.91 Å². The van der Waals surface area contributed by atoms with Crippen molar-refractivity contribution in [2.45, 2.75) is 19.9 Å². The Morgan fingerprint density at radius 2 is 1.75 bits per heavy atom. The number of nitriles is 1. The zero-order valence-electron chi connectivity index (χ0n) is 15.7. The molecule has 2 aromatic carbocycles. The van der Waals surface area contributed by atoms with Crippen molar-refractivity contribution in [3.8, 4) is 11.8 Å². The molecule has 0 aliphatic rings. The highest BCUT2D eigenvalue weighted by Crippen LogP contribution is 2.12. The summed E-state index contributed by atoms with van der Waals surface area (Å²) in [6, 6.07) is 14.8.